The molecule has 1 amide bonds. The highest BCUT2D eigenvalue weighted by molar-refractivity contribution is 8.18. The van der Waals surface area contributed by atoms with Gasteiger partial charge in [-0.3, -0.25) is 9.69 Å². The second-order valence-electron chi connectivity index (χ2n) is 6.39. The highest BCUT2D eigenvalue weighted by Gasteiger charge is 2.33. The Balaban J connectivity index is 1.87. The molecular weight excluding hydrogens is 440 g/mol. The average molecular weight is 463 g/mol. The second kappa shape index (κ2) is 10.4. The van der Waals surface area contributed by atoms with Crippen molar-refractivity contribution in [2.75, 3.05) is 20.3 Å². The number of aliphatic carboxylic acids is 1. The van der Waals surface area contributed by atoms with Crippen LogP contribution in [0.4, 0.5) is 5.13 Å². The standard InChI is InChI=1S/C20H22N4O5S2/c1-4-8-24-18(27)15(30-20(24)21-19-23-22-16(5-2)31-19)10-12-6-7-13(14(9-12)28-3)29-11-17(25)26/h6-7,9-10H,4-5,8,11H2,1-3H3,(H,25,26)/b15-10+,21-20+. The number of aromatic nitrogens is 2. The van der Waals surface area contributed by atoms with Gasteiger partial charge in [-0.05, 0) is 48.4 Å². The summed E-state index contributed by atoms with van der Waals surface area (Å²) in [5, 5.41) is 18.9. The number of rotatable bonds is 9. The molecule has 1 aromatic heterocycles. The Morgan fingerprint density at radius 1 is 1.29 bits per heavy atom. The highest BCUT2D eigenvalue weighted by Crippen LogP contribution is 2.36. The van der Waals surface area contributed by atoms with Gasteiger partial charge in [0.05, 0.1) is 12.0 Å². The molecule has 1 aromatic carbocycles. The molecular formula is C20H22N4O5S2. The SMILES string of the molecule is CCCN1C(=O)/C(=C\c2ccc(OCC(=O)O)c(OC)c2)S/C1=N/c1nnc(CC)s1. The Kier molecular flexibility index (Phi) is 7.64. The number of carboxylic acid groups (broad SMARTS) is 1. The van der Waals surface area contributed by atoms with E-state index in [0.717, 1.165) is 23.4 Å². The van der Waals surface area contributed by atoms with Crippen LogP contribution < -0.4 is 9.47 Å². The maximum Gasteiger partial charge on any atom is 0.341 e. The van der Waals surface area contributed by atoms with Gasteiger partial charge in [0.25, 0.3) is 5.91 Å². The van der Waals surface area contributed by atoms with Crippen LogP contribution in [0.5, 0.6) is 11.5 Å². The third-order valence-electron chi connectivity index (χ3n) is 4.12. The molecule has 2 aromatic rings. The molecule has 0 bridgehead atoms. The van der Waals surface area contributed by atoms with Crippen molar-refractivity contribution in [3.63, 3.8) is 0 Å². The van der Waals surface area contributed by atoms with Crippen molar-refractivity contribution >= 4 is 51.4 Å². The number of hydrogen-bond donors (Lipinski definition) is 1. The third-order valence-corrected chi connectivity index (χ3v) is 6.09. The number of carbonyl (C=O) groups excluding carboxylic acids is 1. The lowest BCUT2D eigenvalue weighted by Gasteiger charge is -2.13. The fourth-order valence-corrected chi connectivity index (χ4v) is 4.42. The summed E-state index contributed by atoms with van der Waals surface area (Å²) in [6.45, 7) is 4.08. The van der Waals surface area contributed by atoms with Gasteiger partial charge in [-0.25, -0.2) is 4.79 Å². The number of amides is 1. The summed E-state index contributed by atoms with van der Waals surface area (Å²) in [5.41, 5.74) is 0.720. The quantitative estimate of drug-likeness (QED) is 0.563. The fourth-order valence-electron chi connectivity index (χ4n) is 2.71. The molecule has 9 nitrogen and oxygen atoms in total. The number of hydrogen-bond acceptors (Lipinski definition) is 9. The Morgan fingerprint density at radius 3 is 2.74 bits per heavy atom. The van der Waals surface area contributed by atoms with Crippen molar-refractivity contribution in [3.8, 4) is 11.5 Å². The predicted octanol–water partition coefficient (Wildman–Crippen LogP) is 3.59. The molecule has 11 heteroatoms. The van der Waals surface area contributed by atoms with E-state index in [1.54, 1.807) is 29.2 Å². The Labute approximate surface area is 187 Å². The summed E-state index contributed by atoms with van der Waals surface area (Å²) in [4.78, 5) is 30.4. The van der Waals surface area contributed by atoms with Crippen LogP contribution >= 0.6 is 23.1 Å². The number of carboxylic acids is 1. The molecule has 3 rings (SSSR count). The van der Waals surface area contributed by atoms with E-state index in [-0.39, 0.29) is 5.91 Å². The number of nitrogens with zero attached hydrogens (tertiary/aromatic N) is 4. The normalized spacial score (nSPS) is 16.4. The summed E-state index contributed by atoms with van der Waals surface area (Å²) in [5.74, 6) is -0.511. The summed E-state index contributed by atoms with van der Waals surface area (Å²) in [6, 6.07) is 5.04. The zero-order valence-electron chi connectivity index (χ0n) is 17.3. The number of methoxy groups -OCH3 is 1. The lowest BCUT2D eigenvalue weighted by atomic mass is 10.2. The monoisotopic (exact) mass is 462 g/mol. The minimum absolute atomic E-state index is 0.129. The molecule has 1 fully saturated rings. The largest absolute Gasteiger partial charge is 0.493 e. The number of benzene rings is 1. The van der Waals surface area contributed by atoms with Crippen LogP contribution in [0.25, 0.3) is 6.08 Å². The fraction of sp³-hybridized carbons (Fsp3) is 0.350. The zero-order chi connectivity index (χ0) is 22.4. The van der Waals surface area contributed by atoms with Crippen LogP contribution in [0.3, 0.4) is 0 Å². The Bertz CT molecular complexity index is 1030. The van der Waals surface area contributed by atoms with Gasteiger partial charge >= 0.3 is 5.97 Å². The first-order valence-electron chi connectivity index (χ1n) is 9.60. The number of carbonyl (C=O) groups is 2. The molecule has 0 atom stereocenters. The van der Waals surface area contributed by atoms with Crippen LogP contribution in [0.15, 0.2) is 28.1 Å². The van der Waals surface area contributed by atoms with Crippen LogP contribution in [0.2, 0.25) is 0 Å². The lowest BCUT2D eigenvalue weighted by molar-refractivity contribution is -0.139. The summed E-state index contributed by atoms with van der Waals surface area (Å²) in [7, 11) is 1.47. The van der Waals surface area contributed by atoms with Crippen molar-refractivity contribution in [1.29, 1.82) is 0 Å². The first-order chi connectivity index (χ1) is 14.9. The third kappa shape index (κ3) is 5.61. The molecule has 1 saturated heterocycles. The Hall–Kier alpha value is -2.92. The number of ether oxygens (including phenoxy) is 2. The summed E-state index contributed by atoms with van der Waals surface area (Å²) >= 11 is 2.69. The van der Waals surface area contributed by atoms with E-state index in [0.29, 0.717) is 33.2 Å². The molecule has 0 radical (unpaired) electrons. The summed E-state index contributed by atoms with van der Waals surface area (Å²) < 4.78 is 10.5. The maximum atomic E-state index is 13.0. The Morgan fingerprint density at radius 2 is 2.10 bits per heavy atom. The minimum Gasteiger partial charge on any atom is -0.493 e. The van der Waals surface area contributed by atoms with Crippen LogP contribution in [0, 0.1) is 0 Å². The van der Waals surface area contributed by atoms with Crippen LogP contribution in [-0.4, -0.2) is 57.5 Å². The van der Waals surface area contributed by atoms with Gasteiger partial charge in [0.2, 0.25) is 5.13 Å². The van der Waals surface area contributed by atoms with E-state index in [1.807, 2.05) is 13.8 Å². The first kappa shape index (κ1) is 22.8. The number of aliphatic imine (C=N–C) groups is 1. The van der Waals surface area contributed by atoms with Crippen molar-refractivity contribution in [1.82, 2.24) is 15.1 Å². The number of aryl methyl sites for hydroxylation is 1. The van der Waals surface area contributed by atoms with Crippen molar-refractivity contribution in [2.24, 2.45) is 4.99 Å². The van der Waals surface area contributed by atoms with E-state index >= 15 is 0 Å². The molecule has 1 aliphatic rings. The van der Waals surface area contributed by atoms with Gasteiger partial charge in [0.15, 0.2) is 23.3 Å². The van der Waals surface area contributed by atoms with Crippen molar-refractivity contribution < 1.29 is 24.2 Å². The predicted molar refractivity (Wildman–Crippen MR) is 120 cm³/mol. The smallest absolute Gasteiger partial charge is 0.341 e. The molecule has 0 unspecified atom stereocenters. The van der Waals surface area contributed by atoms with Gasteiger partial charge in [-0.15, -0.1) is 10.2 Å². The maximum absolute atomic E-state index is 13.0. The van der Waals surface area contributed by atoms with Gasteiger partial charge in [-0.1, -0.05) is 31.3 Å². The topological polar surface area (TPSA) is 114 Å². The van der Waals surface area contributed by atoms with E-state index in [4.69, 9.17) is 14.6 Å². The lowest BCUT2D eigenvalue weighted by Crippen LogP contribution is -2.29. The molecule has 2 heterocycles. The van der Waals surface area contributed by atoms with E-state index in [2.05, 4.69) is 15.2 Å². The molecule has 1 N–H and O–H groups in total. The van der Waals surface area contributed by atoms with E-state index in [9.17, 15) is 9.59 Å². The molecule has 0 saturated carbocycles. The molecule has 0 spiro atoms. The average Bonchev–Trinajstić information content (AvgIpc) is 3.33. The van der Waals surface area contributed by atoms with Gasteiger partial charge < -0.3 is 14.6 Å². The first-order valence-corrected chi connectivity index (χ1v) is 11.2. The zero-order valence-corrected chi connectivity index (χ0v) is 19.0. The van der Waals surface area contributed by atoms with Gasteiger partial charge in [0, 0.05) is 6.54 Å². The van der Waals surface area contributed by atoms with Crippen molar-refractivity contribution in [3.05, 3.63) is 33.7 Å². The second-order valence-corrected chi connectivity index (χ2v) is 8.44. The molecule has 1 aliphatic heterocycles. The number of thioether (sulfide) groups is 1. The van der Waals surface area contributed by atoms with Crippen LogP contribution in [-0.2, 0) is 16.0 Å². The van der Waals surface area contributed by atoms with Crippen molar-refractivity contribution in [2.45, 2.75) is 26.7 Å². The van der Waals surface area contributed by atoms with Gasteiger partial charge in [0.1, 0.15) is 5.01 Å². The van der Waals surface area contributed by atoms with Crippen LogP contribution in [0.1, 0.15) is 30.8 Å². The molecule has 164 valence electrons. The molecule has 0 aliphatic carbocycles. The molecule has 31 heavy (non-hydrogen) atoms. The van der Waals surface area contributed by atoms with Gasteiger partial charge in [-0.2, -0.15) is 4.99 Å². The highest BCUT2D eigenvalue weighted by atomic mass is 32.2. The summed E-state index contributed by atoms with van der Waals surface area (Å²) in [6.07, 6.45) is 3.32. The van der Waals surface area contributed by atoms with E-state index < -0.39 is 12.6 Å². The van der Waals surface area contributed by atoms with E-state index in [1.165, 1.54) is 30.2 Å². The minimum atomic E-state index is -1.08. The number of amidine groups is 1.